The van der Waals surface area contributed by atoms with Crippen LogP contribution in [0, 0.1) is 0 Å². The van der Waals surface area contributed by atoms with Gasteiger partial charge in [0.1, 0.15) is 12.6 Å². The third-order valence-corrected chi connectivity index (χ3v) is 4.03. The minimum absolute atomic E-state index is 0.0596. The molecule has 7 nitrogen and oxygen atoms in total. The highest BCUT2D eigenvalue weighted by atomic mass is 35.5. The van der Waals surface area contributed by atoms with Gasteiger partial charge < -0.3 is 19.6 Å². The van der Waals surface area contributed by atoms with Crippen molar-refractivity contribution in [2.24, 2.45) is 0 Å². The standard InChI is InChI=1S/C9H14ClNO6P2/c10-9-4-2-1-3-8(9)5-11(6-18(12,13)14)7-19(15,16)17/h1-4H,5-7H2,(H2,12,13,14)(H2,15,16,17). The van der Waals surface area contributed by atoms with Crippen molar-refractivity contribution >= 4 is 26.8 Å². The van der Waals surface area contributed by atoms with Crippen molar-refractivity contribution in [1.29, 1.82) is 0 Å². The highest BCUT2D eigenvalue weighted by Crippen LogP contribution is 2.41. The quantitative estimate of drug-likeness (QED) is 0.583. The van der Waals surface area contributed by atoms with Crippen LogP contribution >= 0.6 is 26.8 Å². The van der Waals surface area contributed by atoms with Crippen LogP contribution < -0.4 is 0 Å². The molecule has 0 spiro atoms. The Kier molecular flexibility index (Phi) is 5.74. The van der Waals surface area contributed by atoms with Crippen LogP contribution in [0.2, 0.25) is 5.02 Å². The highest BCUT2D eigenvalue weighted by Gasteiger charge is 2.26. The van der Waals surface area contributed by atoms with E-state index < -0.39 is 27.8 Å². The van der Waals surface area contributed by atoms with Gasteiger partial charge in [-0.3, -0.25) is 14.0 Å². The predicted octanol–water partition coefficient (Wildman–Crippen LogP) is 1.41. The van der Waals surface area contributed by atoms with Crippen LogP contribution in [0.25, 0.3) is 0 Å². The molecule has 0 radical (unpaired) electrons. The average Bonchev–Trinajstić information content (AvgIpc) is 2.16. The topological polar surface area (TPSA) is 118 Å². The molecule has 0 heterocycles. The normalized spacial score (nSPS) is 12.9. The fourth-order valence-corrected chi connectivity index (χ4v) is 3.33. The lowest BCUT2D eigenvalue weighted by Gasteiger charge is -2.23. The van der Waals surface area contributed by atoms with E-state index in [1.54, 1.807) is 24.3 Å². The molecule has 0 amide bonds. The summed E-state index contributed by atoms with van der Waals surface area (Å²) in [6.07, 6.45) is -1.49. The van der Waals surface area contributed by atoms with E-state index in [0.717, 1.165) is 4.90 Å². The van der Waals surface area contributed by atoms with Gasteiger partial charge in [0.2, 0.25) is 0 Å². The van der Waals surface area contributed by atoms with Gasteiger partial charge in [-0.2, -0.15) is 0 Å². The molecule has 0 aliphatic rings. The molecule has 0 fully saturated rings. The summed E-state index contributed by atoms with van der Waals surface area (Å²) in [5.74, 6) is 0. The summed E-state index contributed by atoms with van der Waals surface area (Å²) in [6, 6.07) is 6.56. The second-order valence-corrected chi connectivity index (χ2v) is 7.66. The number of halogens is 1. The predicted molar refractivity (Wildman–Crippen MR) is 70.8 cm³/mol. The van der Waals surface area contributed by atoms with Gasteiger partial charge in [-0.15, -0.1) is 0 Å². The minimum atomic E-state index is -4.42. The SMILES string of the molecule is O=P(O)(O)CN(Cc1ccccc1Cl)CP(=O)(O)O. The molecule has 10 heteroatoms. The van der Waals surface area contributed by atoms with Gasteiger partial charge in [0.05, 0.1) is 0 Å². The zero-order valence-electron chi connectivity index (χ0n) is 9.76. The third kappa shape index (κ3) is 7.20. The highest BCUT2D eigenvalue weighted by molar-refractivity contribution is 7.52. The first-order valence-electron chi connectivity index (χ1n) is 5.12. The van der Waals surface area contributed by atoms with Gasteiger partial charge in [-0.1, -0.05) is 29.8 Å². The van der Waals surface area contributed by atoms with Crippen molar-refractivity contribution in [3.8, 4) is 0 Å². The minimum Gasteiger partial charge on any atom is -0.324 e. The van der Waals surface area contributed by atoms with Crippen LogP contribution in [0.3, 0.4) is 0 Å². The molecule has 1 aromatic carbocycles. The first-order chi connectivity index (χ1) is 8.57. The Labute approximate surface area is 115 Å². The van der Waals surface area contributed by atoms with Crippen LogP contribution in [-0.4, -0.2) is 37.0 Å². The van der Waals surface area contributed by atoms with Gasteiger partial charge in [-0.25, -0.2) is 0 Å². The molecule has 4 N–H and O–H groups in total. The Morgan fingerprint density at radius 1 is 1.00 bits per heavy atom. The van der Waals surface area contributed by atoms with Crippen molar-refractivity contribution in [2.45, 2.75) is 6.54 Å². The molecule has 0 aromatic heterocycles. The number of benzene rings is 1. The van der Waals surface area contributed by atoms with Crippen molar-refractivity contribution in [1.82, 2.24) is 4.90 Å². The molecular formula is C9H14ClNO6P2. The average molecular weight is 330 g/mol. The second kappa shape index (κ2) is 6.48. The third-order valence-electron chi connectivity index (χ3n) is 2.12. The van der Waals surface area contributed by atoms with Crippen molar-refractivity contribution in [3.63, 3.8) is 0 Å². The molecule has 0 saturated heterocycles. The van der Waals surface area contributed by atoms with Crippen molar-refractivity contribution in [3.05, 3.63) is 34.9 Å². The number of nitrogens with zero attached hydrogens (tertiary/aromatic N) is 1. The molecule has 108 valence electrons. The lowest BCUT2D eigenvalue weighted by molar-refractivity contribution is 0.273. The van der Waals surface area contributed by atoms with Crippen LogP contribution in [-0.2, 0) is 15.7 Å². The monoisotopic (exact) mass is 329 g/mol. The largest absolute Gasteiger partial charge is 0.339 e. The van der Waals surface area contributed by atoms with Crippen LogP contribution in [0.15, 0.2) is 24.3 Å². The maximum atomic E-state index is 11.0. The Bertz CT molecular complexity index is 503. The molecule has 0 atom stereocenters. The Morgan fingerprint density at radius 2 is 1.47 bits per heavy atom. The fourth-order valence-electron chi connectivity index (χ4n) is 1.53. The zero-order chi connectivity index (χ0) is 14.7. The van der Waals surface area contributed by atoms with E-state index in [2.05, 4.69) is 0 Å². The van der Waals surface area contributed by atoms with Crippen molar-refractivity contribution < 1.29 is 28.7 Å². The Balaban J connectivity index is 2.89. The van der Waals surface area contributed by atoms with Gasteiger partial charge in [0, 0.05) is 11.6 Å². The van der Waals surface area contributed by atoms with E-state index in [0.29, 0.717) is 10.6 Å². The Hall–Kier alpha value is -0.230. The molecule has 19 heavy (non-hydrogen) atoms. The van der Waals surface area contributed by atoms with E-state index >= 15 is 0 Å². The summed E-state index contributed by atoms with van der Waals surface area (Å²) in [6.45, 7) is -0.0596. The van der Waals surface area contributed by atoms with E-state index in [1.807, 2.05) is 0 Å². The van der Waals surface area contributed by atoms with Gasteiger partial charge in [-0.05, 0) is 11.6 Å². The maximum absolute atomic E-state index is 11.0. The van der Waals surface area contributed by atoms with Gasteiger partial charge >= 0.3 is 15.2 Å². The molecular weight excluding hydrogens is 316 g/mol. The Morgan fingerprint density at radius 3 is 1.89 bits per heavy atom. The first kappa shape index (κ1) is 16.8. The number of hydrogen-bond acceptors (Lipinski definition) is 3. The van der Waals surface area contributed by atoms with Crippen LogP contribution in [0.1, 0.15) is 5.56 Å². The summed E-state index contributed by atoms with van der Waals surface area (Å²) >= 11 is 5.90. The zero-order valence-corrected chi connectivity index (χ0v) is 12.3. The maximum Gasteiger partial charge on any atom is 0.339 e. The molecule has 1 aromatic rings. The lowest BCUT2D eigenvalue weighted by Crippen LogP contribution is -2.25. The molecule has 0 aliphatic carbocycles. The van der Waals surface area contributed by atoms with E-state index in [1.165, 1.54) is 0 Å². The summed E-state index contributed by atoms with van der Waals surface area (Å²) in [7, 11) is -8.84. The summed E-state index contributed by atoms with van der Waals surface area (Å²) < 4.78 is 21.9. The van der Waals surface area contributed by atoms with Crippen molar-refractivity contribution in [2.75, 3.05) is 12.6 Å². The summed E-state index contributed by atoms with van der Waals surface area (Å²) in [5.41, 5.74) is 0.533. The molecule has 0 saturated carbocycles. The molecule has 1 rings (SSSR count). The summed E-state index contributed by atoms with van der Waals surface area (Å²) in [5, 5.41) is 0.365. The smallest absolute Gasteiger partial charge is 0.324 e. The molecule has 0 bridgehead atoms. The van der Waals surface area contributed by atoms with Gasteiger partial charge in [0.25, 0.3) is 0 Å². The molecule has 0 unspecified atom stereocenters. The van der Waals surface area contributed by atoms with Crippen LogP contribution in [0.5, 0.6) is 0 Å². The van der Waals surface area contributed by atoms with Gasteiger partial charge in [0.15, 0.2) is 0 Å². The number of hydrogen-bond donors (Lipinski definition) is 4. The number of rotatable bonds is 6. The van der Waals surface area contributed by atoms with E-state index in [4.69, 9.17) is 31.2 Å². The fraction of sp³-hybridized carbons (Fsp3) is 0.333. The summed E-state index contributed by atoms with van der Waals surface area (Å²) in [4.78, 5) is 36.7. The van der Waals surface area contributed by atoms with E-state index in [9.17, 15) is 9.13 Å². The van der Waals surface area contributed by atoms with E-state index in [-0.39, 0.29) is 6.54 Å². The lowest BCUT2D eigenvalue weighted by atomic mass is 10.2. The molecule has 0 aliphatic heterocycles. The second-order valence-electron chi connectivity index (χ2n) is 4.03. The van der Waals surface area contributed by atoms with Crippen LogP contribution in [0.4, 0.5) is 0 Å². The first-order valence-corrected chi connectivity index (χ1v) is 9.09.